The van der Waals surface area contributed by atoms with E-state index in [4.69, 9.17) is 6.42 Å². The van der Waals surface area contributed by atoms with Gasteiger partial charge in [-0.25, -0.2) is 4.98 Å². The van der Waals surface area contributed by atoms with Crippen molar-refractivity contribution in [3.8, 4) is 12.3 Å². The average Bonchev–Trinajstić information content (AvgIpc) is 2.29. The summed E-state index contributed by atoms with van der Waals surface area (Å²) in [4.78, 5) is 18.3. The van der Waals surface area contributed by atoms with Crippen LogP contribution in [0.1, 0.15) is 31.3 Å². The van der Waals surface area contributed by atoms with Crippen LogP contribution in [0, 0.1) is 12.3 Å². The SMILES string of the molecule is C.C#CCC.CNC(=O)c1cnccn1. The fourth-order valence-electron chi connectivity index (χ4n) is 0.544. The van der Waals surface area contributed by atoms with Crippen molar-refractivity contribution in [2.45, 2.75) is 20.8 Å². The Labute approximate surface area is 91.1 Å². The van der Waals surface area contributed by atoms with Crippen molar-refractivity contribution in [2.75, 3.05) is 7.05 Å². The third-order valence-corrected chi connectivity index (χ3v) is 1.23. The van der Waals surface area contributed by atoms with Crippen LogP contribution < -0.4 is 5.32 Å². The van der Waals surface area contributed by atoms with Gasteiger partial charge in [0.15, 0.2) is 0 Å². The van der Waals surface area contributed by atoms with E-state index in [1.165, 1.54) is 18.6 Å². The molecule has 1 aromatic rings. The Hall–Kier alpha value is -1.89. The molecule has 0 saturated carbocycles. The van der Waals surface area contributed by atoms with Gasteiger partial charge in [0.1, 0.15) is 5.69 Å². The number of rotatable bonds is 1. The number of hydrogen-bond donors (Lipinski definition) is 1. The molecule has 0 aliphatic rings. The molecule has 1 aromatic heterocycles. The third kappa shape index (κ3) is 7.20. The fraction of sp³-hybridized carbons (Fsp3) is 0.364. The molecule has 4 nitrogen and oxygen atoms in total. The van der Waals surface area contributed by atoms with Crippen molar-refractivity contribution in [1.82, 2.24) is 15.3 Å². The van der Waals surface area contributed by atoms with Crippen molar-refractivity contribution >= 4 is 5.91 Å². The van der Waals surface area contributed by atoms with Gasteiger partial charge in [-0.15, -0.1) is 12.3 Å². The van der Waals surface area contributed by atoms with Crippen molar-refractivity contribution in [1.29, 1.82) is 0 Å². The summed E-state index contributed by atoms with van der Waals surface area (Å²) in [6.45, 7) is 1.94. The standard InChI is InChI=1S/C6H7N3O.C4H6.CH4/c1-7-6(10)5-4-8-2-3-9-5;1-3-4-2;/h2-4H,1H3,(H,7,10);1H,4H2,2H3;1H4. The van der Waals surface area contributed by atoms with Crippen LogP contribution >= 0.6 is 0 Å². The Morgan fingerprint density at radius 1 is 1.60 bits per heavy atom. The molecule has 0 fully saturated rings. The van der Waals surface area contributed by atoms with Crippen molar-refractivity contribution in [3.63, 3.8) is 0 Å². The van der Waals surface area contributed by atoms with Gasteiger partial charge in [0.25, 0.3) is 5.91 Å². The number of carbonyl (C=O) groups is 1. The molecule has 0 radical (unpaired) electrons. The Morgan fingerprint density at radius 2 is 2.20 bits per heavy atom. The highest BCUT2D eigenvalue weighted by atomic mass is 16.1. The van der Waals surface area contributed by atoms with Crippen LogP contribution in [-0.2, 0) is 0 Å². The number of nitrogens with one attached hydrogen (secondary N) is 1. The largest absolute Gasteiger partial charge is 0.354 e. The highest BCUT2D eigenvalue weighted by Gasteiger charge is 2.01. The first-order valence-electron chi connectivity index (χ1n) is 4.17. The van der Waals surface area contributed by atoms with Crippen LogP contribution in [0.2, 0.25) is 0 Å². The van der Waals surface area contributed by atoms with Gasteiger partial charge < -0.3 is 5.32 Å². The lowest BCUT2D eigenvalue weighted by Crippen LogP contribution is -2.19. The summed E-state index contributed by atoms with van der Waals surface area (Å²) in [6.07, 6.45) is 10.0. The number of hydrogen-bond acceptors (Lipinski definition) is 3. The number of amides is 1. The Balaban J connectivity index is 0. The van der Waals surface area contributed by atoms with Crippen molar-refractivity contribution < 1.29 is 4.79 Å². The molecule has 4 heteroatoms. The monoisotopic (exact) mass is 207 g/mol. The number of aromatic nitrogens is 2. The summed E-state index contributed by atoms with van der Waals surface area (Å²) in [7, 11) is 1.55. The minimum absolute atomic E-state index is 0. The summed E-state index contributed by atoms with van der Waals surface area (Å²) in [5.74, 6) is 2.22. The van der Waals surface area contributed by atoms with Crippen LogP contribution in [0.4, 0.5) is 0 Å². The van der Waals surface area contributed by atoms with Gasteiger partial charge in [0, 0.05) is 25.9 Å². The molecule has 0 unspecified atom stereocenters. The number of carbonyl (C=O) groups excluding carboxylic acids is 1. The van der Waals surface area contributed by atoms with E-state index in [0.717, 1.165) is 6.42 Å². The summed E-state index contributed by atoms with van der Waals surface area (Å²) in [6, 6.07) is 0. The summed E-state index contributed by atoms with van der Waals surface area (Å²) in [5, 5.41) is 2.44. The second kappa shape index (κ2) is 10.2. The van der Waals surface area contributed by atoms with Gasteiger partial charge in [-0.2, -0.15) is 0 Å². The lowest BCUT2D eigenvalue weighted by Gasteiger charge is -1.94. The smallest absolute Gasteiger partial charge is 0.271 e. The van der Waals surface area contributed by atoms with Crippen LogP contribution in [0.3, 0.4) is 0 Å². The Bertz CT molecular complexity index is 303. The van der Waals surface area contributed by atoms with Gasteiger partial charge in [-0.3, -0.25) is 9.78 Å². The molecule has 0 aliphatic heterocycles. The first kappa shape index (κ1) is 15.6. The molecular weight excluding hydrogens is 190 g/mol. The molecule has 82 valence electrons. The normalized spacial score (nSPS) is 7.27. The van der Waals surface area contributed by atoms with E-state index >= 15 is 0 Å². The fourth-order valence-corrected chi connectivity index (χ4v) is 0.544. The lowest BCUT2D eigenvalue weighted by atomic mass is 10.4. The maximum atomic E-state index is 10.8. The van der Waals surface area contributed by atoms with Gasteiger partial charge >= 0.3 is 0 Å². The predicted octanol–water partition coefficient (Wildman–Crippen LogP) is 1.50. The van der Waals surface area contributed by atoms with Gasteiger partial charge in [-0.05, 0) is 0 Å². The zero-order valence-corrected chi connectivity index (χ0v) is 8.32. The maximum Gasteiger partial charge on any atom is 0.271 e. The molecule has 1 N–H and O–H groups in total. The zero-order valence-electron chi connectivity index (χ0n) is 8.32. The molecule has 0 atom stereocenters. The topological polar surface area (TPSA) is 54.9 Å². The minimum atomic E-state index is -0.215. The molecule has 0 bridgehead atoms. The molecule has 0 spiro atoms. The van der Waals surface area contributed by atoms with E-state index in [2.05, 4.69) is 21.2 Å². The van der Waals surface area contributed by atoms with Crippen LogP contribution in [-0.4, -0.2) is 22.9 Å². The Morgan fingerprint density at radius 3 is 2.53 bits per heavy atom. The van der Waals surface area contributed by atoms with Crippen molar-refractivity contribution in [3.05, 3.63) is 24.3 Å². The van der Waals surface area contributed by atoms with Gasteiger partial charge in [-0.1, -0.05) is 14.4 Å². The molecule has 1 amide bonds. The molecular formula is C11H17N3O. The molecule has 15 heavy (non-hydrogen) atoms. The lowest BCUT2D eigenvalue weighted by molar-refractivity contribution is 0.0958. The first-order valence-corrected chi connectivity index (χ1v) is 4.17. The highest BCUT2D eigenvalue weighted by molar-refractivity contribution is 5.91. The average molecular weight is 207 g/mol. The van der Waals surface area contributed by atoms with E-state index < -0.39 is 0 Å². The van der Waals surface area contributed by atoms with Crippen LogP contribution in [0.5, 0.6) is 0 Å². The van der Waals surface area contributed by atoms with Crippen molar-refractivity contribution in [2.24, 2.45) is 0 Å². The molecule has 0 aliphatic carbocycles. The van der Waals surface area contributed by atoms with E-state index in [1.807, 2.05) is 6.92 Å². The van der Waals surface area contributed by atoms with E-state index in [1.54, 1.807) is 7.05 Å². The number of nitrogens with zero attached hydrogens (tertiary/aromatic N) is 2. The molecule has 0 aromatic carbocycles. The second-order valence-corrected chi connectivity index (χ2v) is 2.23. The second-order valence-electron chi connectivity index (χ2n) is 2.23. The quantitative estimate of drug-likeness (QED) is 0.710. The van der Waals surface area contributed by atoms with E-state index in [-0.39, 0.29) is 13.3 Å². The summed E-state index contributed by atoms with van der Waals surface area (Å²) >= 11 is 0. The van der Waals surface area contributed by atoms with E-state index in [9.17, 15) is 4.79 Å². The molecule has 1 rings (SSSR count). The third-order valence-electron chi connectivity index (χ3n) is 1.23. The predicted molar refractivity (Wildman–Crippen MR) is 61.3 cm³/mol. The van der Waals surface area contributed by atoms with Crippen LogP contribution in [0.15, 0.2) is 18.6 Å². The number of terminal acetylenes is 1. The minimum Gasteiger partial charge on any atom is -0.354 e. The summed E-state index contributed by atoms with van der Waals surface area (Å²) in [5.41, 5.74) is 0.338. The zero-order chi connectivity index (χ0) is 10.8. The maximum absolute atomic E-state index is 10.8. The van der Waals surface area contributed by atoms with Gasteiger partial charge in [0.05, 0.1) is 6.20 Å². The highest BCUT2D eigenvalue weighted by Crippen LogP contribution is 1.87. The van der Waals surface area contributed by atoms with E-state index in [0.29, 0.717) is 5.69 Å². The van der Waals surface area contributed by atoms with Crippen LogP contribution in [0.25, 0.3) is 0 Å². The summed E-state index contributed by atoms with van der Waals surface area (Å²) < 4.78 is 0. The molecule has 1 heterocycles. The van der Waals surface area contributed by atoms with Gasteiger partial charge in [0.2, 0.25) is 0 Å². The Kier molecular flexibility index (Phi) is 10.6. The molecule has 0 saturated heterocycles. The first-order chi connectivity index (χ1) is 6.76.